The molecular weight excluding hydrogens is 458 g/mol. The van der Waals surface area contributed by atoms with Crippen LogP contribution in [0.15, 0.2) is 24.3 Å². The van der Waals surface area contributed by atoms with Gasteiger partial charge in [-0.1, -0.05) is 39.0 Å². The van der Waals surface area contributed by atoms with E-state index < -0.39 is 25.4 Å². The fraction of sp³-hybridized carbons (Fsp3) is 0.643. The van der Waals surface area contributed by atoms with Gasteiger partial charge in [-0.2, -0.15) is 0 Å². The predicted molar refractivity (Wildman–Crippen MR) is 146 cm³/mol. The third-order valence-corrected chi connectivity index (χ3v) is 10.4. The van der Waals surface area contributed by atoms with Gasteiger partial charge < -0.3 is 19.2 Å². The van der Waals surface area contributed by atoms with E-state index in [1.54, 1.807) is 6.07 Å². The second kappa shape index (κ2) is 11.7. The SMILES string of the molecule is C[C@@H](/C=C/c1ccc(OC(=O)C(C)(C)C)cc1CCNC(=O)OC(C)(C)C)O[Si](C)(C)C(C)(C)C. The lowest BCUT2D eigenvalue weighted by molar-refractivity contribution is -0.143. The van der Waals surface area contributed by atoms with Crippen molar-refractivity contribution in [2.24, 2.45) is 5.41 Å². The van der Waals surface area contributed by atoms with Crippen LogP contribution in [0.2, 0.25) is 18.1 Å². The molecule has 0 heterocycles. The standard InChI is InChI=1S/C28H47NO5Si/c1-20(34-35(11,12)28(8,9)10)13-14-21-15-16-23(32-24(30)26(2,3)4)19-22(21)17-18-29-25(31)33-27(5,6)7/h13-16,19-20H,17-18H2,1-12H3,(H,29,31)/b14-13+/t20-/m0/s1. The summed E-state index contributed by atoms with van der Waals surface area (Å²) in [6.07, 6.45) is 4.15. The normalized spacial score (nSPS) is 14.1. The van der Waals surface area contributed by atoms with Gasteiger partial charge in [0.2, 0.25) is 0 Å². The van der Waals surface area contributed by atoms with Crippen LogP contribution in [0.4, 0.5) is 4.79 Å². The summed E-state index contributed by atoms with van der Waals surface area (Å²) >= 11 is 0. The molecule has 6 nitrogen and oxygen atoms in total. The molecule has 1 atom stereocenters. The van der Waals surface area contributed by atoms with Crippen LogP contribution in [0.1, 0.15) is 80.4 Å². The minimum atomic E-state index is -1.89. The van der Waals surface area contributed by atoms with Crippen LogP contribution in [0.25, 0.3) is 6.08 Å². The molecule has 0 spiro atoms. The summed E-state index contributed by atoms with van der Waals surface area (Å²) in [5.74, 6) is 0.190. The lowest BCUT2D eigenvalue weighted by Crippen LogP contribution is -2.42. The number of carbonyl (C=O) groups excluding carboxylic acids is 2. The van der Waals surface area contributed by atoms with Crippen molar-refractivity contribution in [2.75, 3.05) is 6.54 Å². The molecule has 0 aliphatic carbocycles. The Morgan fingerprint density at radius 2 is 1.63 bits per heavy atom. The van der Waals surface area contributed by atoms with Crippen molar-refractivity contribution in [1.29, 1.82) is 0 Å². The molecule has 0 bridgehead atoms. The number of benzene rings is 1. The molecule has 0 radical (unpaired) electrons. The molecule has 0 saturated carbocycles. The van der Waals surface area contributed by atoms with E-state index in [4.69, 9.17) is 13.9 Å². The molecular formula is C28H47NO5Si. The van der Waals surface area contributed by atoms with E-state index in [-0.39, 0.29) is 17.1 Å². The zero-order valence-electron chi connectivity index (χ0n) is 23.9. The van der Waals surface area contributed by atoms with Crippen LogP contribution in [0, 0.1) is 5.41 Å². The third-order valence-electron chi connectivity index (χ3n) is 5.83. The number of hydrogen-bond acceptors (Lipinski definition) is 5. The number of nitrogens with one attached hydrogen (secondary N) is 1. The van der Waals surface area contributed by atoms with Crippen LogP contribution in [0.3, 0.4) is 0 Å². The molecule has 35 heavy (non-hydrogen) atoms. The maximum absolute atomic E-state index is 12.4. The first-order valence-electron chi connectivity index (χ1n) is 12.4. The Kier molecular flexibility index (Phi) is 10.4. The van der Waals surface area contributed by atoms with E-state index in [1.165, 1.54) is 0 Å². The number of hydrogen-bond donors (Lipinski definition) is 1. The largest absolute Gasteiger partial charge is 0.444 e. The Morgan fingerprint density at radius 3 is 2.14 bits per heavy atom. The van der Waals surface area contributed by atoms with E-state index >= 15 is 0 Å². The second-order valence-electron chi connectivity index (χ2n) is 12.6. The van der Waals surface area contributed by atoms with Gasteiger partial charge in [0, 0.05) is 6.54 Å². The Morgan fingerprint density at radius 1 is 1.03 bits per heavy atom. The van der Waals surface area contributed by atoms with E-state index in [2.05, 4.69) is 52.2 Å². The predicted octanol–water partition coefficient (Wildman–Crippen LogP) is 7.13. The minimum absolute atomic E-state index is 0.0398. The molecule has 198 valence electrons. The summed E-state index contributed by atoms with van der Waals surface area (Å²) < 4.78 is 17.4. The zero-order valence-corrected chi connectivity index (χ0v) is 24.9. The smallest absolute Gasteiger partial charge is 0.407 e. The van der Waals surface area contributed by atoms with E-state index in [9.17, 15) is 9.59 Å². The van der Waals surface area contributed by atoms with Gasteiger partial charge in [-0.05, 0) is 96.3 Å². The average molecular weight is 506 g/mol. The average Bonchev–Trinajstić information content (AvgIpc) is 2.63. The van der Waals surface area contributed by atoms with Gasteiger partial charge in [-0.3, -0.25) is 4.79 Å². The van der Waals surface area contributed by atoms with E-state index in [0.717, 1.165) is 11.1 Å². The van der Waals surface area contributed by atoms with Gasteiger partial charge in [0.05, 0.1) is 11.5 Å². The third kappa shape index (κ3) is 11.0. The molecule has 0 fully saturated rings. The fourth-order valence-corrected chi connectivity index (χ4v) is 4.18. The van der Waals surface area contributed by atoms with E-state index in [1.807, 2.05) is 59.8 Å². The van der Waals surface area contributed by atoms with Crippen molar-refractivity contribution in [2.45, 2.75) is 105 Å². The van der Waals surface area contributed by atoms with E-state index in [0.29, 0.717) is 18.7 Å². The zero-order chi connectivity index (χ0) is 27.2. The highest BCUT2D eigenvalue weighted by atomic mass is 28.4. The molecule has 1 amide bonds. The van der Waals surface area contributed by atoms with Gasteiger partial charge in [0.15, 0.2) is 8.32 Å². The Hall–Kier alpha value is -2.12. The summed E-state index contributed by atoms with van der Waals surface area (Å²) in [6.45, 7) is 24.6. The number of alkyl carbamates (subject to hydrolysis) is 1. The van der Waals surface area contributed by atoms with Gasteiger partial charge in [-0.25, -0.2) is 4.79 Å². The second-order valence-corrected chi connectivity index (χ2v) is 17.4. The lowest BCUT2D eigenvalue weighted by atomic mass is 9.97. The first-order valence-corrected chi connectivity index (χ1v) is 15.3. The maximum Gasteiger partial charge on any atom is 0.407 e. The van der Waals surface area contributed by atoms with Crippen LogP contribution < -0.4 is 10.1 Å². The summed E-state index contributed by atoms with van der Waals surface area (Å²) in [4.78, 5) is 24.4. The summed E-state index contributed by atoms with van der Waals surface area (Å²) in [5.41, 5.74) is 0.778. The first kappa shape index (κ1) is 30.9. The quantitative estimate of drug-likeness (QED) is 0.231. The maximum atomic E-state index is 12.4. The Labute approximate surface area is 213 Å². The molecule has 7 heteroatoms. The lowest BCUT2D eigenvalue weighted by Gasteiger charge is -2.37. The van der Waals surface area contributed by atoms with Gasteiger partial charge >= 0.3 is 12.1 Å². The molecule has 1 aromatic rings. The molecule has 1 rings (SSSR count). The monoisotopic (exact) mass is 505 g/mol. The van der Waals surface area contributed by atoms with Gasteiger partial charge in [-0.15, -0.1) is 0 Å². The highest BCUT2D eigenvalue weighted by Gasteiger charge is 2.38. The van der Waals surface area contributed by atoms with Crippen LogP contribution in [0.5, 0.6) is 5.75 Å². The number of esters is 1. The Balaban J connectivity index is 3.08. The minimum Gasteiger partial charge on any atom is -0.444 e. The number of rotatable bonds is 8. The van der Waals surface area contributed by atoms with Crippen molar-refractivity contribution in [3.63, 3.8) is 0 Å². The number of ether oxygens (including phenoxy) is 2. The molecule has 1 aromatic carbocycles. The summed E-state index contributed by atoms with van der Waals surface area (Å²) in [5, 5.41) is 2.93. The highest BCUT2D eigenvalue weighted by molar-refractivity contribution is 6.74. The number of amides is 1. The molecule has 0 aliphatic heterocycles. The highest BCUT2D eigenvalue weighted by Crippen LogP contribution is 2.37. The molecule has 0 unspecified atom stereocenters. The van der Waals surface area contributed by atoms with Crippen LogP contribution >= 0.6 is 0 Å². The molecule has 0 aromatic heterocycles. The van der Waals surface area contributed by atoms with Crippen LogP contribution in [-0.2, 0) is 20.4 Å². The summed E-state index contributed by atoms with van der Waals surface area (Å²) in [7, 11) is -1.89. The van der Waals surface area contributed by atoms with Gasteiger partial charge in [0.25, 0.3) is 0 Å². The topological polar surface area (TPSA) is 73.9 Å². The number of carbonyl (C=O) groups is 2. The van der Waals surface area contributed by atoms with Crippen molar-refractivity contribution in [3.8, 4) is 5.75 Å². The molecule has 0 saturated heterocycles. The van der Waals surface area contributed by atoms with Crippen molar-refractivity contribution in [1.82, 2.24) is 5.32 Å². The van der Waals surface area contributed by atoms with Crippen molar-refractivity contribution >= 4 is 26.5 Å². The van der Waals surface area contributed by atoms with Crippen molar-refractivity contribution in [3.05, 3.63) is 35.4 Å². The Bertz CT molecular complexity index is 901. The summed E-state index contributed by atoms with van der Waals surface area (Å²) in [6, 6.07) is 5.59. The first-order chi connectivity index (χ1) is 15.7. The molecule has 0 aliphatic rings. The van der Waals surface area contributed by atoms with Crippen molar-refractivity contribution < 1.29 is 23.5 Å². The van der Waals surface area contributed by atoms with Crippen LogP contribution in [-0.4, -0.2) is 38.6 Å². The van der Waals surface area contributed by atoms with Gasteiger partial charge in [0.1, 0.15) is 11.4 Å². The molecule has 1 N–H and O–H groups in total. The fourth-order valence-electron chi connectivity index (χ4n) is 2.82.